The van der Waals surface area contributed by atoms with Gasteiger partial charge >= 0.3 is 0 Å². The van der Waals surface area contributed by atoms with Gasteiger partial charge in [0, 0.05) is 0 Å². The molecule has 0 radical (unpaired) electrons. The van der Waals surface area contributed by atoms with Gasteiger partial charge in [0.1, 0.15) is 12.4 Å². The Morgan fingerprint density at radius 3 is 1.36 bits per heavy atom. The first-order chi connectivity index (χ1) is 19.4. The van der Waals surface area contributed by atoms with Crippen molar-refractivity contribution in [2.24, 2.45) is 0 Å². The molecule has 1 aromatic carbocycles. The van der Waals surface area contributed by atoms with Crippen LogP contribution >= 0.6 is 0 Å². The molecule has 2 nitrogen and oxygen atoms in total. The summed E-state index contributed by atoms with van der Waals surface area (Å²) in [5.74, 6) is 1.40. The van der Waals surface area contributed by atoms with Gasteiger partial charge in [0.2, 0.25) is 0 Å². The fourth-order valence-electron chi connectivity index (χ4n) is 5.99. The van der Waals surface area contributed by atoms with Crippen molar-refractivity contribution in [3.05, 3.63) is 42.7 Å². The Hall–Kier alpha value is -1.57. The van der Waals surface area contributed by atoms with Gasteiger partial charge in [-0.1, -0.05) is 160 Å². The molecule has 1 aromatic heterocycles. The van der Waals surface area contributed by atoms with Gasteiger partial charge in [-0.2, -0.15) is 0 Å². The number of hydrogen-bond donors (Lipinski definition) is 0. The molecule has 0 saturated heterocycles. The number of aromatic nitrogens is 2. The smallest absolute Gasteiger partial charge is 0.230 e. The zero-order valence-electron chi connectivity index (χ0n) is 26.3. The molecule has 0 saturated carbocycles. The van der Waals surface area contributed by atoms with Crippen LogP contribution in [0.5, 0.6) is 0 Å². The molecule has 0 spiro atoms. The highest BCUT2D eigenvalue weighted by Crippen LogP contribution is 2.18. The van der Waals surface area contributed by atoms with E-state index >= 15 is 0 Å². The Kier molecular flexibility index (Phi) is 20.9. The highest BCUT2D eigenvalue weighted by atomic mass is 15.1. The molecule has 0 aliphatic rings. The summed E-state index contributed by atoms with van der Waals surface area (Å²) in [5, 5.41) is 0. The van der Waals surface area contributed by atoms with Crippen molar-refractivity contribution in [1.82, 2.24) is 4.57 Å². The van der Waals surface area contributed by atoms with Gasteiger partial charge in [-0.3, -0.25) is 0 Å². The van der Waals surface area contributed by atoms with E-state index in [9.17, 15) is 0 Å². The van der Waals surface area contributed by atoms with Crippen LogP contribution in [-0.4, -0.2) is 4.57 Å². The highest BCUT2D eigenvalue weighted by molar-refractivity contribution is 5.52. The lowest BCUT2D eigenvalue weighted by atomic mass is 10.0. The SMILES string of the molecule is CCCCCCCCCCCCCCCCCCCn1cc[n+](CCCCCCCCC)c1-c1ccccc1. The van der Waals surface area contributed by atoms with Crippen LogP contribution in [0, 0.1) is 0 Å². The van der Waals surface area contributed by atoms with Gasteiger partial charge in [-0.15, -0.1) is 0 Å². The molecule has 0 fully saturated rings. The maximum absolute atomic E-state index is 2.52. The first kappa shape index (κ1) is 33.6. The summed E-state index contributed by atoms with van der Waals surface area (Å²) in [6.07, 6.45) is 38.6. The van der Waals surface area contributed by atoms with Crippen LogP contribution in [0.1, 0.15) is 168 Å². The quantitative estimate of drug-likeness (QED) is 0.0791. The van der Waals surface area contributed by atoms with Crippen LogP contribution in [0.15, 0.2) is 42.7 Å². The van der Waals surface area contributed by atoms with Crippen molar-refractivity contribution < 1.29 is 4.57 Å². The molecule has 2 heteroatoms. The number of hydrogen-bond acceptors (Lipinski definition) is 0. The van der Waals surface area contributed by atoms with Gasteiger partial charge in [0.05, 0.1) is 18.7 Å². The van der Waals surface area contributed by atoms with Gasteiger partial charge < -0.3 is 0 Å². The van der Waals surface area contributed by atoms with Gasteiger partial charge in [0.15, 0.2) is 0 Å². The molecule has 1 heterocycles. The molecular weight excluding hydrogens is 472 g/mol. The monoisotopic (exact) mass is 538 g/mol. The molecule has 39 heavy (non-hydrogen) atoms. The topological polar surface area (TPSA) is 8.81 Å². The van der Waals surface area contributed by atoms with E-state index in [2.05, 4.69) is 65.7 Å². The van der Waals surface area contributed by atoms with Crippen molar-refractivity contribution >= 4 is 0 Å². The molecule has 0 atom stereocenters. The molecule has 0 bridgehead atoms. The minimum Gasteiger partial charge on any atom is -0.230 e. The predicted molar refractivity (Wildman–Crippen MR) is 172 cm³/mol. The number of rotatable bonds is 27. The first-order valence-electron chi connectivity index (χ1n) is 17.5. The Labute approximate surface area is 244 Å². The van der Waals surface area contributed by atoms with Crippen LogP contribution in [0.3, 0.4) is 0 Å². The number of unbranched alkanes of at least 4 members (excludes halogenated alkanes) is 22. The fraction of sp³-hybridized carbons (Fsp3) is 0.757. The molecule has 2 rings (SSSR count). The molecule has 0 amide bonds. The van der Waals surface area contributed by atoms with Crippen LogP contribution in [0.4, 0.5) is 0 Å². The Morgan fingerprint density at radius 1 is 0.487 bits per heavy atom. The molecule has 2 aromatic rings. The van der Waals surface area contributed by atoms with E-state index in [-0.39, 0.29) is 0 Å². The van der Waals surface area contributed by atoms with Gasteiger partial charge in [-0.05, 0) is 37.8 Å². The molecule has 0 aliphatic heterocycles. The summed E-state index contributed by atoms with van der Waals surface area (Å²) < 4.78 is 5.02. The number of aryl methyl sites for hydroxylation is 2. The second-order valence-corrected chi connectivity index (χ2v) is 12.2. The normalized spacial score (nSPS) is 11.4. The van der Waals surface area contributed by atoms with E-state index < -0.39 is 0 Å². The van der Waals surface area contributed by atoms with E-state index in [0.29, 0.717) is 0 Å². The maximum atomic E-state index is 2.52. The molecule has 0 N–H and O–H groups in total. The van der Waals surface area contributed by atoms with Crippen molar-refractivity contribution in [3.8, 4) is 11.4 Å². The molecular formula is C37H65N2+. The lowest BCUT2D eigenvalue weighted by molar-refractivity contribution is -0.686. The molecule has 0 aliphatic carbocycles. The molecule has 222 valence electrons. The number of benzene rings is 1. The van der Waals surface area contributed by atoms with Crippen molar-refractivity contribution in [2.45, 2.75) is 181 Å². The summed E-state index contributed by atoms with van der Waals surface area (Å²) in [4.78, 5) is 0. The zero-order valence-corrected chi connectivity index (χ0v) is 26.3. The Morgan fingerprint density at radius 2 is 0.897 bits per heavy atom. The Balaban J connectivity index is 1.55. The fourth-order valence-corrected chi connectivity index (χ4v) is 5.99. The summed E-state index contributed by atoms with van der Waals surface area (Å²) >= 11 is 0. The van der Waals surface area contributed by atoms with E-state index in [4.69, 9.17) is 0 Å². The van der Waals surface area contributed by atoms with Crippen molar-refractivity contribution in [1.29, 1.82) is 0 Å². The number of imidazole rings is 1. The average Bonchev–Trinajstić information content (AvgIpc) is 3.37. The third-order valence-electron chi connectivity index (χ3n) is 8.51. The van der Waals surface area contributed by atoms with Gasteiger partial charge in [0.25, 0.3) is 5.82 Å². The standard InChI is InChI=1S/C37H65N2/c1-3-5-7-9-11-12-13-14-15-16-17-18-19-20-22-24-29-33-39-35-34-38(32-28-23-21-10-8-6-4-2)37(39)36-30-26-25-27-31-36/h25-27,30-31,34-35H,3-24,28-29,32-33H2,1-2H3/q+1. The van der Waals surface area contributed by atoms with Crippen LogP contribution in [0.25, 0.3) is 11.4 Å². The predicted octanol–water partition coefficient (Wildman–Crippen LogP) is 11.8. The average molecular weight is 538 g/mol. The van der Waals surface area contributed by atoms with E-state index in [1.54, 1.807) is 0 Å². The lowest BCUT2D eigenvalue weighted by Gasteiger charge is -2.07. The van der Waals surface area contributed by atoms with Crippen molar-refractivity contribution in [3.63, 3.8) is 0 Å². The minimum atomic E-state index is 1.14. The third kappa shape index (κ3) is 16.3. The van der Waals surface area contributed by atoms with Crippen LogP contribution < -0.4 is 4.57 Å². The third-order valence-corrected chi connectivity index (χ3v) is 8.51. The second-order valence-electron chi connectivity index (χ2n) is 12.2. The van der Waals surface area contributed by atoms with Crippen molar-refractivity contribution in [2.75, 3.05) is 0 Å². The first-order valence-corrected chi connectivity index (χ1v) is 17.5. The van der Waals surface area contributed by atoms with Crippen LogP contribution in [0.2, 0.25) is 0 Å². The van der Waals surface area contributed by atoms with E-state index in [1.165, 1.54) is 165 Å². The maximum Gasteiger partial charge on any atom is 0.288 e. The summed E-state index contributed by atoms with van der Waals surface area (Å²) in [6, 6.07) is 11.1. The van der Waals surface area contributed by atoms with Crippen LogP contribution in [-0.2, 0) is 13.1 Å². The highest BCUT2D eigenvalue weighted by Gasteiger charge is 2.18. The van der Waals surface area contributed by atoms with E-state index in [0.717, 1.165) is 13.1 Å². The molecule has 0 unspecified atom stereocenters. The lowest BCUT2D eigenvalue weighted by Crippen LogP contribution is -2.34. The van der Waals surface area contributed by atoms with E-state index in [1.807, 2.05) is 0 Å². The zero-order chi connectivity index (χ0) is 27.6. The largest absolute Gasteiger partial charge is 0.288 e. The second kappa shape index (κ2) is 24.2. The van der Waals surface area contributed by atoms with Gasteiger partial charge in [-0.25, -0.2) is 9.13 Å². The Bertz CT molecular complexity index is 778. The summed E-state index contributed by atoms with van der Waals surface area (Å²) in [5.41, 5.74) is 1.36. The minimum absolute atomic E-state index is 1.14. The summed E-state index contributed by atoms with van der Waals surface area (Å²) in [6.45, 7) is 6.89. The number of nitrogens with zero attached hydrogens (tertiary/aromatic N) is 2. The summed E-state index contributed by atoms with van der Waals surface area (Å²) in [7, 11) is 0.